The number of halogens is 2. The summed E-state index contributed by atoms with van der Waals surface area (Å²) in [6.07, 6.45) is 2.52. The van der Waals surface area contributed by atoms with E-state index in [2.05, 4.69) is 15.9 Å². The Hall–Kier alpha value is -1.32. The predicted octanol–water partition coefficient (Wildman–Crippen LogP) is 4.87. The van der Waals surface area contributed by atoms with Crippen molar-refractivity contribution in [3.05, 3.63) is 63.1 Å². The number of rotatable bonds is 4. The van der Waals surface area contributed by atoms with E-state index in [-0.39, 0.29) is 5.78 Å². The van der Waals surface area contributed by atoms with Crippen LogP contribution in [0.3, 0.4) is 0 Å². The third-order valence-electron chi connectivity index (χ3n) is 3.11. The molecule has 2 nitrogen and oxygen atoms in total. The van der Waals surface area contributed by atoms with Crippen molar-refractivity contribution in [2.45, 2.75) is 18.9 Å². The Morgan fingerprint density at radius 2 is 1.90 bits per heavy atom. The molecule has 0 N–H and O–H groups in total. The van der Waals surface area contributed by atoms with Gasteiger partial charge in [0.05, 0.1) is 11.1 Å². The predicted molar refractivity (Wildman–Crippen MR) is 82.7 cm³/mol. The molecule has 3 rings (SSSR count). The van der Waals surface area contributed by atoms with Crippen LogP contribution in [-0.2, 0) is 0 Å². The molecule has 1 fully saturated rings. The van der Waals surface area contributed by atoms with Gasteiger partial charge in [-0.3, -0.25) is 4.79 Å². The van der Waals surface area contributed by atoms with Crippen LogP contribution in [0.4, 0.5) is 0 Å². The molecular formula is C16H12BrClO2. The number of hydrogen-bond donors (Lipinski definition) is 0. The summed E-state index contributed by atoms with van der Waals surface area (Å²) in [4.78, 5) is 12.4. The molecule has 0 radical (unpaired) electrons. The summed E-state index contributed by atoms with van der Waals surface area (Å²) in [5, 5.41) is 0.590. The summed E-state index contributed by atoms with van der Waals surface area (Å²) >= 11 is 9.28. The van der Waals surface area contributed by atoms with E-state index in [0.29, 0.717) is 22.3 Å². The molecule has 1 aliphatic rings. The zero-order chi connectivity index (χ0) is 14.1. The van der Waals surface area contributed by atoms with Crippen LogP contribution in [0, 0.1) is 0 Å². The summed E-state index contributed by atoms with van der Waals surface area (Å²) in [7, 11) is 0. The van der Waals surface area contributed by atoms with E-state index in [1.54, 1.807) is 30.3 Å². The molecule has 0 atom stereocenters. The SMILES string of the molecule is O=C(c1cccc(OC2CC2)c1)c1ccc(Cl)c(Br)c1. The summed E-state index contributed by atoms with van der Waals surface area (Å²) in [6, 6.07) is 12.5. The zero-order valence-electron chi connectivity index (χ0n) is 10.6. The van der Waals surface area contributed by atoms with Crippen LogP contribution in [0.2, 0.25) is 5.02 Å². The molecule has 0 amide bonds. The molecule has 0 spiro atoms. The maximum absolute atomic E-state index is 12.4. The van der Waals surface area contributed by atoms with Gasteiger partial charge in [-0.05, 0) is 59.1 Å². The first-order valence-electron chi connectivity index (χ1n) is 6.40. The van der Waals surface area contributed by atoms with E-state index in [0.717, 1.165) is 23.1 Å². The van der Waals surface area contributed by atoms with E-state index < -0.39 is 0 Å². The number of benzene rings is 2. The quantitative estimate of drug-likeness (QED) is 0.734. The van der Waals surface area contributed by atoms with Gasteiger partial charge in [-0.1, -0.05) is 23.7 Å². The van der Waals surface area contributed by atoms with Crippen molar-refractivity contribution in [3.63, 3.8) is 0 Å². The van der Waals surface area contributed by atoms with E-state index in [1.165, 1.54) is 0 Å². The number of carbonyl (C=O) groups excluding carboxylic acids is 1. The lowest BCUT2D eigenvalue weighted by molar-refractivity contribution is 0.103. The summed E-state index contributed by atoms with van der Waals surface area (Å²) < 4.78 is 6.43. The first-order valence-corrected chi connectivity index (χ1v) is 7.57. The highest BCUT2D eigenvalue weighted by Crippen LogP contribution is 2.28. The van der Waals surface area contributed by atoms with E-state index in [4.69, 9.17) is 16.3 Å². The Labute approximate surface area is 130 Å². The number of ketones is 1. The van der Waals surface area contributed by atoms with Gasteiger partial charge in [0.1, 0.15) is 5.75 Å². The number of ether oxygens (including phenoxy) is 1. The summed E-state index contributed by atoms with van der Waals surface area (Å²) in [5.41, 5.74) is 1.22. The lowest BCUT2D eigenvalue weighted by atomic mass is 10.0. The van der Waals surface area contributed by atoms with Crippen LogP contribution in [0.5, 0.6) is 5.75 Å². The van der Waals surface area contributed by atoms with Gasteiger partial charge in [0.2, 0.25) is 0 Å². The highest BCUT2D eigenvalue weighted by molar-refractivity contribution is 9.10. The van der Waals surface area contributed by atoms with E-state index >= 15 is 0 Å². The van der Waals surface area contributed by atoms with Crippen molar-refractivity contribution in [1.82, 2.24) is 0 Å². The van der Waals surface area contributed by atoms with Crippen molar-refractivity contribution in [1.29, 1.82) is 0 Å². The van der Waals surface area contributed by atoms with Gasteiger partial charge in [0, 0.05) is 15.6 Å². The molecule has 102 valence electrons. The molecular weight excluding hydrogens is 340 g/mol. The second-order valence-electron chi connectivity index (χ2n) is 4.80. The Morgan fingerprint density at radius 3 is 2.60 bits per heavy atom. The lowest BCUT2D eigenvalue weighted by Gasteiger charge is -2.07. The van der Waals surface area contributed by atoms with Gasteiger partial charge < -0.3 is 4.74 Å². The molecule has 0 heterocycles. The fraction of sp³-hybridized carbons (Fsp3) is 0.188. The summed E-state index contributed by atoms with van der Waals surface area (Å²) in [6.45, 7) is 0. The molecule has 0 aromatic heterocycles. The molecule has 20 heavy (non-hydrogen) atoms. The van der Waals surface area contributed by atoms with Crippen molar-refractivity contribution in [3.8, 4) is 5.75 Å². The summed E-state index contributed by atoms with van der Waals surface area (Å²) in [5.74, 6) is 0.718. The Kier molecular flexibility index (Phi) is 3.81. The molecule has 2 aromatic carbocycles. The first kappa shape index (κ1) is 13.7. The highest BCUT2D eigenvalue weighted by Gasteiger charge is 2.23. The zero-order valence-corrected chi connectivity index (χ0v) is 12.9. The van der Waals surface area contributed by atoms with Gasteiger partial charge in [-0.15, -0.1) is 0 Å². The third kappa shape index (κ3) is 3.05. The van der Waals surface area contributed by atoms with Gasteiger partial charge in [0.15, 0.2) is 5.78 Å². The molecule has 4 heteroatoms. The van der Waals surface area contributed by atoms with Gasteiger partial charge in [0.25, 0.3) is 0 Å². The average Bonchev–Trinajstić information content (AvgIpc) is 3.25. The Balaban J connectivity index is 1.86. The third-order valence-corrected chi connectivity index (χ3v) is 4.32. The minimum absolute atomic E-state index is 0.0383. The second-order valence-corrected chi connectivity index (χ2v) is 6.06. The first-order chi connectivity index (χ1) is 9.63. The molecule has 1 saturated carbocycles. The molecule has 0 unspecified atom stereocenters. The van der Waals surface area contributed by atoms with E-state index in [9.17, 15) is 4.79 Å². The van der Waals surface area contributed by atoms with E-state index in [1.807, 2.05) is 12.1 Å². The maximum atomic E-state index is 12.4. The van der Waals surface area contributed by atoms with Crippen LogP contribution in [0.15, 0.2) is 46.9 Å². The maximum Gasteiger partial charge on any atom is 0.193 e. The highest BCUT2D eigenvalue weighted by atomic mass is 79.9. The number of carbonyl (C=O) groups is 1. The minimum Gasteiger partial charge on any atom is -0.490 e. The Bertz CT molecular complexity index is 665. The Morgan fingerprint density at radius 1 is 1.15 bits per heavy atom. The minimum atomic E-state index is -0.0383. The van der Waals surface area contributed by atoms with Crippen molar-refractivity contribution >= 4 is 33.3 Å². The van der Waals surface area contributed by atoms with Gasteiger partial charge in [-0.25, -0.2) is 0 Å². The smallest absolute Gasteiger partial charge is 0.193 e. The standard InChI is InChI=1S/C16H12BrClO2/c17-14-9-11(4-7-15(14)18)16(19)10-2-1-3-13(8-10)20-12-5-6-12/h1-4,7-9,12H,5-6H2. The lowest BCUT2D eigenvalue weighted by Crippen LogP contribution is -2.03. The van der Waals surface area contributed by atoms with Crippen LogP contribution in [0.25, 0.3) is 0 Å². The van der Waals surface area contributed by atoms with Crippen LogP contribution >= 0.6 is 27.5 Å². The molecule has 0 saturated heterocycles. The number of hydrogen-bond acceptors (Lipinski definition) is 2. The normalized spacial score (nSPS) is 14.1. The largest absolute Gasteiger partial charge is 0.490 e. The second kappa shape index (κ2) is 5.58. The van der Waals surface area contributed by atoms with Crippen molar-refractivity contribution < 1.29 is 9.53 Å². The molecule has 1 aliphatic carbocycles. The van der Waals surface area contributed by atoms with Gasteiger partial charge >= 0.3 is 0 Å². The fourth-order valence-electron chi connectivity index (χ4n) is 1.89. The van der Waals surface area contributed by atoms with Crippen LogP contribution in [0.1, 0.15) is 28.8 Å². The average molecular weight is 352 g/mol. The molecule has 0 aliphatic heterocycles. The van der Waals surface area contributed by atoms with Crippen LogP contribution in [-0.4, -0.2) is 11.9 Å². The fourth-order valence-corrected chi connectivity index (χ4v) is 2.39. The topological polar surface area (TPSA) is 26.3 Å². The van der Waals surface area contributed by atoms with Crippen molar-refractivity contribution in [2.75, 3.05) is 0 Å². The van der Waals surface area contributed by atoms with Crippen molar-refractivity contribution in [2.24, 2.45) is 0 Å². The van der Waals surface area contributed by atoms with Crippen LogP contribution < -0.4 is 4.74 Å². The van der Waals surface area contributed by atoms with Gasteiger partial charge in [-0.2, -0.15) is 0 Å². The molecule has 2 aromatic rings. The monoisotopic (exact) mass is 350 g/mol. The molecule has 0 bridgehead atoms.